The van der Waals surface area contributed by atoms with Crippen LogP contribution in [0.15, 0.2) is 12.3 Å². The standard InChI is InChI=1S/C17H22BFN2O3/c1-15(2)16(3,4)24-18(23-15)12-9-13(19)14(21-10-12)17(11-20)5-7-22-8-6-17/h9-10H,5-8H2,1-4H3. The number of hydrogen-bond acceptors (Lipinski definition) is 5. The van der Waals surface area contributed by atoms with Gasteiger partial charge in [0, 0.05) is 24.9 Å². The van der Waals surface area contributed by atoms with Gasteiger partial charge in [-0.1, -0.05) is 0 Å². The summed E-state index contributed by atoms with van der Waals surface area (Å²) in [5.41, 5.74) is -1.21. The summed E-state index contributed by atoms with van der Waals surface area (Å²) in [6, 6.07) is 3.62. The van der Waals surface area contributed by atoms with Crippen molar-refractivity contribution in [3.8, 4) is 6.07 Å². The van der Waals surface area contributed by atoms with Gasteiger partial charge in [-0.25, -0.2) is 4.39 Å². The molecule has 3 heterocycles. The van der Waals surface area contributed by atoms with E-state index in [1.54, 1.807) is 6.20 Å². The maximum atomic E-state index is 14.7. The van der Waals surface area contributed by atoms with Crippen molar-refractivity contribution < 1.29 is 18.4 Å². The highest BCUT2D eigenvalue weighted by Gasteiger charge is 2.52. The Morgan fingerprint density at radius 1 is 1.17 bits per heavy atom. The van der Waals surface area contributed by atoms with Gasteiger partial charge in [0.25, 0.3) is 0 Å². The Bertz CT molecular complexity index is 665. The quantitative estimate of drug-likeness (QED) is 0.776. The lowest BCUT2D eigenvalue weighted by Gasteiger charge is -2.32. The molecule has 1 aromatic heterocycles. The fraction of sp³-hybridized carbons (Fsp3) is 0.647. The average molecular weight is 332 g/mol. The lowest BCUT2D eigenvalue weighted by atomic mass is 9.76. The molecule has 128 valence electrons. The first-order valence-corrected chi connectivity index (χ1v) is 8.21. The summed E-state index contributed by atoms with van der Waals surface area (Å²) >= 11 is 0. The molecule has 0 aromatic carbocycles. The first-order chi connectivity index (χ1) is 11.2. The molecule has 2 aliphatic rings. The van der Waals surface area contributed by atoms with Crippen LogP contribution in [0.3, 0.4) is 0 Å². The normalized spacial score (nSPS) is 24.6. The van der Waals surface area contributed by atoms with Gasteiger partial charge < -0.3 is 14.0 Å². The predicted octanol–water partition coefficient (Wildman–Crippen LogP) is 2.09. The van der Waals surface area contributed by atoms with Crippen molar-refractivity contribution in [1.82, 2.24) is 4.98 Å². The summed E-state index contributed by atoms with van der Waals surface area (Å²) in [7, 11) is -0.668. The smallest absolute Gasteiger partial charge is 0.399 e. The summed E-state index contributed by atoms with van der Waals surface area (Å²) in [6.07, 6.45) is 2.45. The van der Waals surface area contributed by atoms with Crippen molar-refractivity contribution in [2.24, 2.45) is 0 Å². The second-order valence-electron chi connectivity index (χ2n) is 7.49. The molecule has 5 nitrogen and oxygen atoms in total. The molecule has 0 aliphatic carbocycles. The molecule has 2 saturated heterocycles. The summed E-state index contributed by atoms with van der Waals surface area (Å²) in [6.45, 7) is 8.65. The Hall–Kier alpha value is -1.49. The molecule has 0 atom stereocenters. The number of hydrogen-bond donors (Lipinski definition) is 0. The molecule has 0 amide bonds. The molecule has 3 rings (SSSR count). The largest absolute Gasteiger partial charge is 0.496 e. The molecule has 2 aliphatic heterocycles. The minimum Gasteiger partial charge on any atom is -0.399 e. The summed E-state index contributed by atoms with van der Waals surface area (Å²) in [4.78, 5) is 4.27. The first-order valence-electron chi connectivity index (χ1n) is 8.21. The molecule has 0 spiro atoms. The minimum absolute atomic E-state index is 0.188. The predicted molar refractivity (Wildman–Crippen MR) is 87.3 cm³/mol. The molecule has 0 saturated carbocycles. The van der Waals surface area contributed by atoms with E-state index in [0.29, 0.717) is 31.5 Å². The van der Waals surface area contributed by atoms with Crippen LogP contribution in [-0.4, -0.2) is 36.5 Å². The van der Waals surface area contributed by atoms with Crippen molar-refractivity contribution in [3.63, 3.8) is 0 Å². The number of rotatable bonds is 2. The molecule has 0 radical (unpaired) electrons. The van der Waals surface area contributed by atoms with Gasteiger partial charge in [0.1, 0.15) is 11.2 Å². The summed E-state index contributed by atoms with van der Waals surface area (Å²) in [5, 5.41) is 9.58. The maximum Gasteiger partial charge on any atom is 0.496 e. The number of nitriles is 1. The highest BCUT2D eigenvalue weighted by Crippen LogP contribution is 2.37. The number of ether oxygens (including phenoxy) is 1. The Morgan fingerprint density at radius 2 is 1.75 bits per heavy atom. The van der Waals surface area contributed by atoms with Crippen LogP contribution < -0.4 is 5.46 Å². The number of halogens is 1. The second-order valence-corrected chi connectivity index (χ2v) is 7.49. The van der Waals surface area contributed by atoms with E-state index >= 15 is 0 Å². The highest BCUT2D eigenvalue weighted by molar-refractivity contribution is 6.62. The van der Waals surface area contributed by atoms with E-state index in [9.17, 15) is 9.65 Å². The Labute approximate surface area is 142 Å². The lowest BCUT2D eigenvalue weighted by molar-refractivity contribution is 0.00578. The van der Waals surface area contributed by atoms with Gasteiger partial charge >= 0.3 is 7.12 Å². The van der Waals surface area contributed by atoms with Crippen molar-refractivity contribution in [2.75, 3.05) is 13.2 Å². The number of nitrogens with zero attached hydrogens (tertiary/aromatic N) is 2. The van der Waals surface area contributed by atoms with E-state index in [2.05, 4.69) is 11.1 Å². The van der Waals surface area contributed by atoms with Gasteiger partial charge in [0.05, 0.1) is 23.0 Å². The molecule has 1 aromatic rings. The number of aromatic nitrogens is 1. The third kappa shape index (κ3) is 2.73. The zero-order valence-corrected chi connectivity index (χ0v) is 14.6. The molecule has 2 fully saturated rings. The van der Waals surface area contributed by atoms with Crippen molar-refractivity contribution in [2.45, 2.75) is 57.2 Å². The van der Waals surface area contributed by atoms with Crippen molar-refractivity contribution in [1.29, 1.82) is 5.26 Å². The van der Waals surface area contributed by atoms with Gasteiger partial charge in [-0.15, -0.1) is 0 Å². The van der Waals surface area contributed by atoms with E-state index in [1.807, 2.05) is 27.7 Å². The monoisotopic (exact) mass is 332 g/mol. The summed E-state index contributed by atoms with van der Waals surface area (Å²) in [5.74, 6) is -0.495. The van der Waals surface area contributed by atoms with Crippen molar-refractivity contribution >= 4 is 12.6 Å². The van der Waals surface area contributed by atoms with E-state index in [4.69, 9.17) is 14.0 Å². The molecule has 0 bridgehead atoms. The van der Waals surface area contributed by atoms with Gasteiger partial charge in [0.2, 0.25) is 0 Å². The van der Waals surface area contributed by atoms with Crippen LogP contribution in [0.25, 0.3) is 0 Å². The average Bonchev–Trinajstić information content (AvgIpc) is 2.76. The second kappa shape index (κ2) is 5.80. The first kappa shape index (κ1) is 17.3. The molecule has 0 unspecified atom stereocenters. The van der Waals surface area contributed by atoms with E-state index in [0.717, 1.165) is 0 Å². The Balaban J connectivity index is 1.90. The topological polar surface area (TPSA) is 64.4 Å². The lowest BCUT2D eigenvalue weighted by Crippen LogP contribution is -2.41. The zero-order chi connectivity index (χ0) is 17.6. The van der Waals surface area contributed by atoms with Crippen LogP contribution in [0.1, 0.15) is 46.2 Å². The molecule has 0 N–H and O–H groups in total. The number of pyridine rings is 1. The Morgan fingerprint density at radius 3 is 2.25 bits per heavy atom. The van der Waals surface area contributed by atoms with Gasteiger partial charge in [0.15, 0.2) is 0 Å². The maximum absolute atomic E-state index is 14.7. The van der Waals surface area contributed by atoms with E-state index in [-0.39, 0.29) is 5.69 Å². The molecular weight excluding hydrogens is 310 g/mol. The van der Waals surface area contributed by atoms with Crippen LogP contribution >= 0.6 is 0 Å². The van der Waals surface area contributed by atoms with Crippen molar-refractivity contribution in [3.05, 3.63) is 23.8 Å². The van der Waals surface area contributed by atoms with Crippen LogP contribution in [0.5, 0.6) is 0 Å². The van der Waals surface area contributed by atoms with E-state index < -0.39 is 29.6 Å². The van der Waals surface area contributed by atoms with Gasteiger partial charge in [-0.2, -0.15) is 5.26 Å². The highest BCUT2D eigenvalue weighted by atomic mass is 19.1. The zero-order valence-electron chi connectivity index (χ0n) is 14.6. The van der Waals surface area contributed by atoms with Crippen LogP contribution in [0.2, 0.25) is 0 Å². The Kier molecular flexibility index (Phi) is 4.19. The third-order valence-electron chi connectivity index (χ3n) is 5.40. The summed E-state index contributed by atoms with van der Waals surface area (Å²) < 4.78 is 31.9. The molecule has 24 heavy (non-hydrogen) atoms. The van der Waals surface area contributed by atoms with Crippen LogP contribution in [0.4, 0.5) is 4.39 Å². The molecule has 7 heteroatoms. The molecular formula is C17H22BFN2O3. The van der Waals surface area contributed by atoms with Crippen LogP contribution in [-0.2, 0) is 19.5 Å². The van der Waals surface area contributed by atoms with Gasteiger partial charge in [-0.3, -0.25) is 4.98 Å². The minimum atomic E-state index is -0.920. The van der Waals surface area contributed by atoms with Crippen LogP contribution in [0, 0.1) is 17.1 Å². The van der Waals surface area contributed by atoms with E-state index in [1.165, 1.54) is 6.07 Å². The fourth-order valence-electron chi connectivity index (χ4n) is 3.03. The van der Waals surface area contributed by atoms with Gasteiger partial charge in [-0.05, 0) is 46.6 Å². The fourth-order valence-corrected chi connectivity index (χ4v) is 3.03. The third-order valence-corrected chi connectivity index (χ3v) is 5.40. The SMILES string of the molecule is CC1(C)OB(c2cnc(C3(C#N)CCOCC3)c(F)c2)OC1(C)C.